The van der Waals surface area contributed by atoms with Crippen molar-refractivity contribution < 1.29 is 13.5 Å². The van der Waals surface area contributed by atoms with Crippen LogP contribution >= 0.6 is 0 Å². The van der Waals surface area contributed by atoms with Crippen LogP contribution in [0.3, 0.4) is 0 Å². The lowest BCUT2D eigenvalue weighted by Crippen LogP contribution is -2.41. The molecule has 2 aromatic carbocycles. The molecule has 0 aromatic heterocycles. The molecule has 0 amide bonds. The Hall–Kier alpha value is -1.89. The van der Waals surface area contributed by atoms with Gasteiger partial charge in [-0.3, -0.25) is 4.31 Å². The van der Waals surface area contributed by atoms with Gasteiger partial charge in [-0.1, -0.05) is 36.4 Å². The standard InChI is InChI=1S/C17H22N2O3S/c1-18(2)13-16(20)14-19(15-9-5-3-6-10-15)23(21,22)17-11-7-4-8-12-17/h3-12,16,20H,13-14H2,1-2H3. The molecule has 23 heavy (non-hydrogen) atoms. The van der Waals surface area contributed by atoms with Crippen molar-refractivity contribution in [2.24, 2.45) is 0 Å². The zero-order valence-corrected chi connectivity index (χ0v) is 14.1. The van der Waals surface area contributed by atoms with Crippen molar-refractivity contribution >= 4 is 15.7 Å². The van der Waals surface area contributed by atoms with Crippen molar-refractivity contribution in [3.8, 4) is 0 Å². The first-order chi connectivity index (χ1) is 10.9. The fourth-order valence-electron chi connectivity index (χ4n) is 2.33. The maximum Gasteiger partial charge on any atom is 0.264 e. The van der Waals surface area contributed by atoms with Crippen molar-refractivity contribution in [2.45, 2.75) is 11.0 Å². The largest absolute Gasteiger partial charge is 0.390 e. The molecule has 0 saturated heterocycles. The minimum absolute atomic E-state index is 0.000574. The topological polar surface area (TPSA) is 60.9 Å². The maximum absolute atomic E-state index is 13.0. The lowest BCUT2D eigenvalue weighted by Gasteiger charge is -2.28. The quantitative estimate of drug-likeness (QED) is 0.839. The number of sulfonamides is 1. The number of aliphatic hydroxyl groups excluding tert-OH is 1. The minimum atomic E-state index is -3.73. The molecule has 2 aromatic rings. The molecule has 5 nitrogen and oxygen atoms in total. The number of rotatable bonds is 7. The van der Waals surface area contributed by atoms with E-state index in [-0.39, 0.29) is 11.4 Å². The van der Waals surface area contributed by atoms with E-state index < -0.39 is 16.1 Å². The second kappa shape index (κ2) is 7.59. The fourth-order valence-corrected chi connectivity index (χ4v) is 3.85. The highest BCUT2D eigenvalue weighted by Gasteiger charge is 2.27. The van der Waals surface area contributed by atoms with Gasteiger partial charge in [0.1, 0.15) is 0 Å². The first-order valence-corrected chi connectivity index (χ1v) is 8.81. The molecule has 0 radical (unpaired) electrons. The van der Waals surface area contributed by atoms with Gasteiger partial charge in [-0.15, -0.1) is 0 Å². The van der Waals surface area contributed by atoms with E-state index in [2.05, 4.69) is 0 Å². The lowest BCUT2D eigenvalue weighted by molar-refractivity contribution is 0.145. The second-order valence-corrected chi connectivity index (χ2v) is 7.46. The highest BCUT2D eigenvalue weighted by atomic mass is 32.2. The summed E-state index contributed by atoms with van der Waals surface area (Å²) in [4.78, 5) is 2.03. The van der Waals surface area contributed by atoms with E-state index in [1.54, 1.807) is 54.6 Å². The number of anilines is 1. The number of nitrogens with zero attached hydrogens (tertiary/aromatic N) is 2. The van der Waals surface area contributed by atoms with Gasteiger partial charge in [0.25, 0.3) is 10.0 Å². The molecule has 0 aliphatic rings. The van der Waals surface area contributed by atoms with Gasteiger partial charge in [0.05, 0.1) is 23.2 Å². The van der Waals surface area contributed by atoms with Crippen molar-refractivity contribution in [2.75, 3.05) is 31.5 Å². The highest BCUT2D eigenvalue weighted by molar-refractivity contribution is 7.92. The molecule has 0 aliphatic carbocycles. The molecule has 1 atom stereocenters. The van der Waals surface area contributed by atoms with Crippen LogP contribution in [0.5, 0.6) is 0 Å². The number of aliphatic hydroxyl groups is 1. The third-order valence-corrected chi connectivity index (χ3v) is 5.14. The average molecular weight is 334 g/mol. The van der Waals surface area contributed by atoms with Gasteiger partial charge in [-0.2, -0.15) is 0 Å². The highest BCUT2D eigenvalue weighted by Crippen LogP contribution is 2.23. The number of hydrogen-bond donors (Lipinski definition) is 1. The second-order valence-electron chi connectivity index (χ2n) is 5.60. The van der Waals surface area contributed by atoms with Gasteiger partial charge >= 0.3 is 0 Å². The van der Waals surface area contributed by atoms with E-state index in [4.69, 9.17) is 0 Å². The monoisotopic (exact) mass is 334 g/mol. The van der Waals surface area contributed by atoms with Crippen LogP contribution in [-0.2, 0) is 10.0 Å². The molecule has 0 fully saturated rings. The number of para-hydroxylation sites is 1. The Bertz CT molecular complexity index is 703. The van der Waals surface area contributed by atoms with Gasteiger partial charge in [-0.25, -0.2) is 8.42 Å². The van der Waals surface area contributed by atoms with Gasteiger partial charge in [0, 0.05) is 6.54 Å². The van der Waals surface area contributed by atoms with E-state index >= 15 is 0 Å². The molecule has 124 valence electrons. The molecular weight excluding hydrogens is 312 g/mol. The zero-order chi connectivity index (χ0) is 16.9. The maximum atomic E-state index is 13.0. The molecular formula is C17H22N2O3S. The number of hydrogen-bond acceptors (Lipinski definition) is 4. The molecule has 0 saturated carbocycles. The summed E-state index contributed by atoms with van der Waals surface area (Å²) in [5, 5.41) is 10.2. The van der Waals surface area contributed by atoms with E-state index in [9.17, 15) is 13.5 Å². The summed E-state index contributed by atoms with van der Waals surface area (Å²) >= 11 is 0. The van der Waals surface area contributed by atoms with E-state index in [0.717, 1.165) is 0 Å². The Kier molecular flexibility index (Phi) is 5.76. The van der Waals surface area contributed by atoms with Crippen molar-refractivity contribution in [1.82, 2.24) is 4.90 Å². The number of benzene rings is 2. The minimum Gasteiger partial charge on any atom is -0.390 e. The molecule has 0 spiro atoms. The molecule has 0 aliphatic heterocycles. The summed E-state index contributed by atoms with van der Waals surface area (Å²) in [7, 11) is -0.0600. The Morgan fingerprint density at radius 2 is 1.43 bits per heavy atom. The van der Waals surface area contributed by atoms with Gasteiger partial charge < -0.3 is 10.0 Å². The van der Waals surface area contributed by atoms with E-state index in [1.807, 2.05) is 25.1 Å². The smallest absolute Gasteiger partial charge is 0.264 e. The van der Waals surface area contributed by atoms with Crippen LogP contribution in [0, 0.1) is 0 Å². The van der Waals surface area contributed by atoms with Crippen LogP contribution < -0.4 is 4.31 Å². The predicted molar refractivity (Wildman–Crippen MR) is 92.0 cm³/mol. The summed E-state index contributed by atoms with van der Waals surface area (Å²) < 4.78 is 27.2. The van der Waals surface area contributed by atoms with Gasteiger partial charge in [0.2, 0.25) is 0 Å². The van der Waals surface area contributed by atoms with Gasteiger partial charge in [0.15, 0.2) is 0 Å². The predicted octanol–water partition coefficient (Wildman–Crippen LogP) is 1.80. The molecule has 0 heterocycles. The van der Waals surface area contributed by atoms with Crippen LogP contribution in [0.2, 0.25) is 0 Å². The third kappa shape index (κ3) is 4.54. The third-order valence-electron chi connectivity index (χ3n) is 3.33. The summed E-state index contributed by atoms with van der Waals surface area (Å²) in [6.45, 7) is 0.382. The molecule has 6 heteroatoms. The molecule has 1 unspecified atom stereocenters. The summed E-state index contributed by atoms with van der Waals surface area (Å²) in [5.74, 6) is 0. The first kappa shape index (κ1) is 17.5. The lowest BCUT2D eigenvalue weighted by atomic mass is 10.3. The summed E-state index contributed by atoms with van der Waals surface area (Å²) in [6.07, 6.45) is -0.788. The van der Waals surface area contributed by atoms with Crippen LogP contribution in [-0.4, -0.2) is 51.7 Å². The number of likely N-dealkylation sites (N-methyl/N-ethyl adjacent to an activating group) is 1. The Morgan fingerprint density at radius 3 is 1.96 bits per heavy atom. The summed E-state index contributed by atoms with van der Waals surface area (Å²) in [6, 6.07) is 17.1. The van der Waals surface area contributed by atoms with E-state index in [0.29, 0.717) is 12.2 Å². The van der Waals surface area contributed by atoms with E-state index in [1.165, 1.54) is 4.31 Å². The molecule has 1 N–H and O–H groups in total. The molecule has 2 rings (SSSR count). The average Bonchev–Trinajstić information content (AvgIpc) is 2.53. The van der Waals surface area contributed by atoms with Crippen LogP contribution in [0.1, 0.15) is 0 Å². The Balaban J connectivity index is 2.38. The Morgan fingerprint density at radius 1 is 0.913 bits per heavy atom. The normalized spacial score (nSPS) is 13.0. The Labute approximate surface area is 137 Å². The fraction of sp³-hybridized carbons (Fsp3) is 0.294. The van der Waals surface area contributed by atoms with Crippen molar-refractivity contribution in [3.05, 3.63) is 60.7 Å². The first-order valence-electron chi connectivity index (χ1n) is 7.37. The van der Waals surface area contributed by atoms with Gasteiger partial charge in [-0.05, 0) is 38.4 Å². The van der Waals surface area contributed by atoms with Crippen LogP contribution in [0.4, 0.5) is 5.69 Å². The summed E-state index contributed by atoms with van der Waals surface area (Å²) in [5.41, 5.74) is 0.536. The SMILES string of the molecule is CN(C)CC(O)CN(c1ccccc1)S(=O)(=O)c1ccccc1. The van der Waals surface area contributed by atoms with Crippen LogP contribution in [0.15, 0.2) is 65.6 Å². The van der Waals surface area contributed by atoms with Crippen molar-refractivity contribution in [1.29, 1.82) is 0 Å². The zero-order valence-electron chi connectivity index (χ0n) is 13.3. The van der Waals surface area contributed by atoms with Crippen LogP contribution in [0.25, 0.3) is 0 Å². The van der Waals surface area contributed by atoms with Crippen molar-refractivity contribution in [3.63, 3.8) is 0 Å². The molecule has 0 bridgehead atoms.